The van der Waals surface area contributed by atoms with Crippen LogP contribution in [0.15, 0.2) is 21.8 Å². The lowest BCUT2D eigenvalue weighted by Gasteiger charge is -1.94. The molecule has 10 heavy (non-hydrogen) atoms. The van der Waals surface area contributed by atoms with Crippen molar-refractivity contribution in [1.82, 2.24) is 5.16 Å². The number of rotatable bonds is 2. The second kappa shape index (κ2) is 3.25. The summed E-state index contributed by atoms with van der Waals surface area (Å²) in [4.78, 5) is 3.81. The molecule has 1 atom stereocenters. The van der Waals surface area contributed by atoms with E-state index in [1.54, 1.807) is 6.07 Å². The second-order valence-corrected chi connectivity index (χ2v) is 2.00. The van der Waals surface area contributed by atoms with Gasteiger partial charge in [0.1, 0.15) is 18.0 Å². The topological polar surface area (TPSA) is 38.4 Å². The Bertz CT molecular complexity index is 238. The van der Waals surface area contributed by atoms with Crippen molar-refractivity contribution in [1.29, 1.82) is 0 Å². The molecule has 52 valence electrons. The molecule has 0 aromatic carbocycles. The van der Waals surface area contributed by atoms with Crippen molar-refractivity contribution < 1.29 is 4.52 Å². The Morgan fingerprint density at radius 2 is 2.70 bits per heavy atom. The summed E-state index contributed by atoms with van der Waals surface area (Å²) in [6.45, 7) is 1.87. The van der Waals surface area contributed by atoms with Crippen LogP contribution in [0.2, 0.25) is 0 Å². The highest BCUT2D eigenvalue weighted by atomic mass is 32.1. The molecule has 0 bridgehead atoms. The monoisotopic (exact) mass is 154 g/mol. The highest BCUT2D eigenvalue weighted by Gasteiger charge is 2.04. The van der Waals surface area contributed by atoms with E-state index in [1.165, 1.54) is 6.26 Å². The van der Waals surface area contributed by atoms with Crippen molar-refractivity contribution in [3.63, 3.8) is 0 Å². The number of aliphatic imine (C=N–C) groups is 1. The van der Waals surface area contributed by atoms with Crippen molar-refractivity contribution >= 4 is 17.4 Å². The molecule has 1 aromatic rings. The third kappa shape index (κ3) is 1.50. The minimum Gasteiger partial charge on any atom is -0.364 e. The van der Waals surface area contributed by atoms with Crippen LogP contribution in [-0.2, 0) is 0 Å². The van der Waals surface area contributed by atoms with Gasteiger partial charge >= 0.3 is 0 Å². The first-order valence-corrected chi connectivity index (χ1v) is 3.22. The van der Waals surface area contributed by atoms with E-state index in [-0.39, 0.29) is 6.04 Å². The molecule has 0 aliphatic heterocycles. The number of hydrogen-bond acceptors (Lipinski definition) is 4. The molecule has 0 saturated carbocycles. The minimum absolute atomic E-state index is 0.0451. The quantitative estimate of drug-likeness (QED) is 0.482. The number of isothiocyanates is 1. The summed E-state index contributed by atoms with van der Waals surface area (Å²) in [5.74, 6) is 0. The largest absolute Gasteiger partial charge is 0.364 e. The molecular weight excluding hydrogens is 148 g/mol. The van der Waals surface area contributed by atoms with Gasteiger partial charge in [0.25, 0.3) is 0 Å². The summed E-state index contributed by atoms with van der Waals surface area (Å²) in [5, 5.41) is 5.96. The van der Waals surface area contributed by atoms with E-state index >= 15 is 0 Å². The molecular formula is C6H6N2OS. The molecule has 1 unspecified atom stereocenters. The molecule has 1 rings (SSSR count). The summed E-state index contributed by atoms with van der Waals surface area (Å²) in [6, 6.07) is 1.71. The lowest BCUT2D eigenvalue weighted by atomic mass is 10.2. The third-order valence-corrected chi connectivity index (χ3v) is 1.24. The molecule has 0 aliphatic rings. The summed E-state index contributed by atoms with van der Waals surface area (Å²) in [5.41, 5.74) is 0.775. The zero-order valence-corrected chi connectivity index (χ0v) is 6.26. The fourth-order valence-electron chi connectivity index (χ4n) is 0.583. The third-order valence-electron chi connectivity index (χ3n) is 1.13. The van der Waals surface area contributed by atoms with Gasteiger partial charge in [0.05, 0.1) is 5.16 Å². The maximum absolute atomic E-state index is 4.61. The molecule has 1 aromatic heterocycles. The van der Waals surface area contributed by atoms with E-state index in [9.17, 15) is 0 Å². The predicted molar refractivity (Wildman–Crippen MR) is 39.9 cm³/mol. The number of nitrogens with zero attached hydrogens (tertiary/aromatic N) is 2. The van der Waals surface area contributed by atoms with Gasteiger partial charge in [-0.15, -0.1) is 0 Å². The predicted octanol–water partition coefficient (Wildman–Crippen LogP) is 1.84. The van der Waals surface area contributed by atoms with Gasteiger partial charge in [-0.3, -0.25) is 0 Å². The van der Waals surface area contributed by atoms with Crippen molar-refractivity contribution in [2.45, 2.75) is 13.0 Å². The first-order chi connectivity index (χ1) is 4.84. The summed E-state index contributed by atoms with van der Waals surface area (Å²) >= 11 is 4.43. The van der Waals surface area contributed by atoms with E-state index in [0.717, 1.165) is 5.69 Å². The SMILES string of the molecule is CC(N=C=S)c1ccon1. The number of aromatic nitrogens is 1. The van der Waals surface area contributed by atoms with Crippen LogP contribution in [0, 0.1) is 0 Å². The fourth-order valence-corrected chi connectivity index (χ4v) is 0.741. The maximum atomic E-state index is 4.61. The van der Waals surface area contributed by atoms with Gasteiger partial charge < -0.3 is 4.52 Å². The standard InChI is InChI=1S/C6H6N2OS/c1-5(7-4-10)6-2-3-9-8-6/h2-3,5H,1H3. The lowest BCUT2D eigenvalue weighted by Crippen LogP contribution is -1.87. The normalized spacial score (nSPS) is 12.1. The van der Waals surface area contributed by atoms with Crippen LogP contribution in [0.1, 0.15) is 18.7 Å². The van der Waals surface area contributed by atoms with Crippen LogP contribution >= 0.6 is 12.2 Å². The summed E-state index contributed by atoms with van der Waals surface area (Å²) < 4.78 is 4.61. The van der Waals surface area contributed by atoms with Crippen LogP contribution < -0.4 is 0 Å². The second-order valence-electron chi connectivity index (χ2n) is 1.82. The number of hydrogen-bond donors (Lipinski definition) is 0. The fraction of sp³-hybridized carbons (Fsp3) is 0.333. The molecule has 0 spiro atoms. The zero-order chi connectivity index (χ0) is 7.40. The molecule has 0 radical (unpaired) electrons. The van der Waals surface area contributed by atoms with E-state index < -0.39 is 0 Å². The van der Waals surface area contributed by atoms with E-state index in [1.807, 2.05) is 6.92 Å². The molecule has 0 saturated heterocycles. The van der Waals surface area contributed by atoms with Crippen molar-refractivity contribution in [2.24, 2.45) is 4.99 Å². The molecule has 4 heteroatoms. The summed E-state index contributed by atoms with van der Waals surface area (Å²) in [7, 11) is 0. The first kappa shape index (κ1) is 7.12. The van der Waals surface area contributed by atoms with Crippen LogP contribution in [-0.4, -0.2) is 10.3 Å². The van der Waals surface area contributed by atoms with Crippen LogP contribution in [0.4, 0.5) is 0 Å². The highest BCUT2D eigenvalue weighted by molar-refractivity contribution is 7.78. The Morgan fingerprint density at radius 1 is 1.90 bits per heavy atom. The smallest absolute Gasteiger partial charge is 0.124 e. The van der Waals surface area contributed by atoms with E-state index in [0.29, 0.717) is 0 Å². The Hall–Kier alpha value is -0.990. The van der Waals surface area contributed by atoms with Crippen molar-refractivity contribution in [2.75, 3.05) is 0 Å². The van der Waals surface area contributed by atoms with Gasteiger partial charge in [-0.05, 0) is 19.1 Å². The van der Waals surface area contributed by atoms with Crippen molar-refractivity contribution in [3.05, 3.63) is 18.0 Å². The molecule has 1 heterocycles. The number of thiocarbonyl (C=S) groups is 1. The highest BCUT2D eigenvalue weighted by Crippen LogP contribution is 2.11. The Kier molecular flexibility index (Phi) is 2.31. The summed E-state index contributed by atoms with van der Waals surface area (Å²) in [6.07, 6.45) is 1.50. The Labute approximate surface area is 63.7 Å². The van der Waals surface area contributed by atoms with E-state index in [2.05, 4.69) is 32.1 Å². The molecule has 0 fully saturated rings. The Balaban J connectivity index is 2.76. The Morgan fingerprint density at radius 3 is 3.20 bits per heavy atom. The van der Waals surface area contributed by atoms with Crippen molar-refractivity contribution in [3.8, 4) is 0 Å². The van der Waals surface area contributed by atoms with Crippen LogP contribution in [0.25, 0.3) is 0 Å². The molecule has 0 aliphatic carbocycles. The van der Waals surface area contributed by atoms with Gasteiger partial charge in [0.2, 0.25) is 0 Å². The average Bonchev–Trinajstić information content (AvgIpc) is 2.38. The molecule has 0 amide bonds. The molecule has 0 N–H and O–H groups in total. The minimum atomic E-state index is -0.0451. The first-order valence-electron chi connectivity index (χ1n) is 2.82. The van der Waals surface area contributed by atoms with Gasteiger partial charge in [-0.1, -0.05) is 5.16 Å². The van der Waals surface area contributed by atoms with Gasteiger partial charge in [0.15, 0.2) is 0 Å². The lowest BCUT2D eigenvalue weighted by molar-refractivity contribution is 0.407. The maximum Gasteiger partial charge on any atom is 0.124 e. The van der Waals surface area contributed by atoms with Crippen LogP contribution in [0.5, 0.6) is 0 Å². The van der Waals surface area contributed by atoms with E-state index in [4.69, 9.17) is 0 Å². The van der Waals surface area contributed by atoms with Gasteiger partial charge in [-0.25, -0.2) is 4.99 Å². The van der Waals surface area contributed by atoms with Crippen LogP contribution in [0.3, 0.4) is 0 Å². The molecule has 3 nitrogen and oxygen atoms in total. The zero-order valence-electron chi connectivity index (χ0n) is 5.44. The average molecular weight is 154 g/mol. The van der Waals surface area contributed by atoms with Gasteiger partial charge in [-0.2, -0.15) is 0 Å². The van der Waals surface area contributed by atoms with Gasteiger partial charge in [0, 0.05) is 6.07 Å².